The van der Waals surface area contributed by atoms with Crippen molar-refractivity contribution in [1.29, 1.82) is 0 Å². The van der Waals surface area contributed by atoms with Crippen molar-refractivity contribution in [2.45, 2.75) is 27.7 Å². The van der Waals surface area contributed by atoms with Gasteiger partial charge in [-0.2, -0.15) is 0 Å². The second-order valence-electron chi connectivity index (χ2n) is 4.87. The highest BCUT2D eigenvalue weighted by Crippen LogP contribution is 2.43. The zero-order valence-corrected chi connectivity index (χ0v) is 10.8. The Balaban J connectivity index is 2.70. The van der Waals surface area contributed by atoms with Crippen LogP contribution in [0.1, 0.15) is 27.7 Å². The highest BCUT2D eigenvalue weighted by molar-refractivity contribution is 6.09. The van der Waals surface area contributed by atoms with E-state index in [9.17, 15) is 0 Å². The number of hydrogen-bond acceptors (Lipinski definition) is 1. The summed E-state index contributed by atoms with van der Waals surface area (Å²) in [7, 11) is 1.83. The van der Waals surface area contributed by atoms with Crippen molar-refractivity contribution < 1.29 is 0 Å². The number of nitrogens with zero attached hydrogens (tertiary/aromatic N) is 1. The largest absolute Gasteiger partial charge is 0.340 e. The number of allylic oxidation sites excluding steroid dienone is 3. The maximum absolute atomic E-state index is 4.32. The van der Waals surface area contributed by atoms with Crippen LogP contribution in [0.25, 0.3) is 0 Å². The van der Waals surface area contributed by atoms with Gasteiger partial charge in [-0.3, -0.25) is 4.99 Å². The number of aliphatic imine (C=N–C) groups is 1. The first kappa shape index (κ1) is 11.2. The van der Waals surface area contributed by atoms with Crippen molar-refractivity contribution in [2.75, 3.05) is 7.05 Å². The Morgan fingerprint density at radius 2 is 1.56 bits per heavy atom. The molecule has 2 aliphatic rings. The van der Waals surface area contributed by atoms with Crippen LogP contribution in [-0.4, -0.2) is 12.9 Å². The summed E-state index contributed by atoms with van der Waals surface area (Å²) in [5.41, 5.74) is 6.45. The predicted molar refractivity (Wildman–Crippen MR) is 69.4 cm³/mol. The Kier molecular flexibility index (Phi) is 2.53. The van der Waals surface area contributed by atoms with E-state index in [2.05, 4.69) is 44.6 Å². The Morgan fingerprint density at radius 1 is 1.06 bits per heavy atom. The van der Waals surface area contributed by atoms with Crippen LogP contribution >= 0.6 is 0 Å². The molecule has 0 amide bonds. The van der Waals surface area contributed by atoms with Crippen LogP contribution in [0.5, 0.6) is 0 Å². The molecule has 1 saturated heterocycles. The van der Waals surface area contributed by atoms with E-state index in [1.165, 1.54) is 22.3 Å². The van der Waals surface area contributed by atoms with Gasteiger partial charge in [0.25, 0.3) is 0 Å². The molecule has 2 nitrogen and oxygen atoms in total. The Labute approximate surface area is 97.8 Å². The van der Waals surface area contributed by atoms with Crippen LogP contribution in [0.2, 0.25) is 0 Å². The van der Waals surface area contributed by atoms with E-state index in [-0.39, 0.29) is 0 Å². The Morgan fingerprint density at radius 3 is 2.06 bits per heavy atom. The Bertz CT molecular complexity index is 449. The fourth-order valence-corrected chi connectivity index (χ4v) is 2.73. The third kappa shape index (κ3) is 1.29. The maximum atomic E-state index is 4.32. The fourth-order valence-electron chi connectivity index (χ4n) is 2.73. The zero-order chi connectivity index (χ0) is 12.0. The van der Waals surface area contributed by atoms with Gasteiger partial charge >= 0.3 is 0 Å². The van der Waals surface area contributed by atoms with Gasteiger partial charge in [-0.15, -0.1) is 0 Å². The monoisotopic (exact) mass is 216 g/mol. The lowest BCUT2D eigenvalue weighted by Crippen LogP contribution is -2.21. The van der Waals surface area contributed by atoms with Crippen LogP contribution in [0.4, 0.5) is 0 Å². The number of nitrogens with one attached hydrogen (secondary N) is 1. The summed E-state index contributed by atoms with van der Waals surface area (Å²) in [5, 5.41) is 3.29. The predicted octanol–water partition coefficient (Wildman–Crippen LogP) is 3.05. The molecule has 1 heterocycles. The molecule has 0 radical (unpaired) electrons. The van der Waals surface area contributed by atoms with E-state index in [1.54, 1.807) is 0 Å². The first-order valence-electron chi connectivity index (χ1n) is 5.84. The highest BCUT2D eigenvalue weighted by atomic mass is 15.0. The van der Waals surface area contributed by atoms with Gasteiger partial charge in [-0.25, -0.2) is 0 Å². The zero-order valence-electron chi connectivity index (χ0n) is 10.8. The van der Waals surface area contributed by atoms with Crippen LogP contribution in [0.3, 0.4) is 0 Å². The molecule has 0 aromatic rings. The molecule has 0 saturated carbocycles. The lowest BCUT2D eigenvalue weighted by atomic mass is 9.74. The molecule has 2 heteroatoms. The van der Waals surface area contributed by atoms with Gasteiger partial charge in [-0.1, -0.05) is 31.6 Å². The van der Waals surface area contributed by atoms with Gasteiger partial charge < -0.3 is 5.32 Å². The van der Waals surface area contributed by atoms with E-state index < -0.39 is 0 Å². The quantitative estimate of drug-likeness (QED) is 0.661. The van der Waals surface area contributed by atoms with E-state index in [0.29, 0.717) is 11.8 Å². The van der Waals surface area contributed by atoms with Gasteiger partial charge in [0.15, 0.2) is 0 Å². The Hall–Kier alpha value is -1.31. The van der Waals surface area contributed by atoms with Crippen molar-refractivity contribution >= 4 is 5.84 Å². The molecule has 1 aliphatic carbocycles. The van der Waals surface area contributed by atoms with Gasteiger partial charge in [-0.05, 0) is 25.7 Å². The second-order valence-corrected chi connectivity index (χ2v) is 4.87. The van der Waals surface area contributed by atoms with E-state index in [0.717, 1.165) is 11.5 Å². The van der Waals surface area contributed by atoms with Crippen LogP contribution in [-0.2, 0) is 0 Å². The number of fused-ring (bicyclic) bond motifs is 1. The van der Waals surface area contributed by atoms with E-state index >= 15 is 0 Å². The lowest BCUT2D eigenvalue weighted by Gasteiger charge is -2.30. The van der Waals surface area contributed by atoms with Crippen molar-refractivity contribution in [3.8, 4) is 0 Å². The minimum Gasteiger partial charge on any atom is -0.340 e. The molecule has 0 aromatic carbocycles. The second kappa shape index (κ2) is 3.62. The number of hydrogen-bond donors (Lipinski definition) is 1. The SMILES string of the molecule is C=C1NC(=NC)C2=C(C)C(C)C(C)C(C)=C12. The molecule has 0 spiro atoms. The van der Waals surface area contributed by atoms with Crippen molar-refractivity contribution in [2.24, 2.45) is 16.8 Å². The summed E-state index contributed by atoms with van der Waals surface area (Å²) in [5.74, 6) is 2.16. The standard InChI is InChI=1S/C14H20N2/c1-7-8(2)10(4)13-12(9(7)3)11(5)16-14(13)15-6/h7-8H,5H2,1-4,6H3,(H,15,16). The first-order chi connectivity index (χ1) is 7.49. The third-order valence-corrected chi connectivity index (χ3v) is 4.19. The van der Waals surface area contributed by atoms with Crippen molar-refractivity contribution in [1.82, 2.24) is 5.32 Å². The minimum atomic E-state index is 0.586. The molecular formula is C14H20N2. The van der Waals surface area contributed by atoms with E-state index in [1.807, 2.05) is 7.05 Å². The molecule has 1 aliphatic heterocycles. The topological polar surface area (TPSA) is 24.4 Å². The summed E-state index contributed by atoms with van der Waals surface area (Å²) >= 11 is 0. The van der Waals surface area contributed by atoms with Crippen molar-refractivity contribution in [3.05, 3.63) is 34.6 Å². The molecule has 0 aromatic heterocycles. The smallest absolute Gasteiger partial charge is 0.133 e. The van der Waals surface area contributed by atoms with Crippen LogP contribution < -0.4 is 5.32 Å². The fraction of sp³-hybridized carbons (Fsp3) is 0.500. The molecule has 2 atom stereocenters. The summed E-state index contributed by atoms with van der Waals surface area (Å²) in [4.78, 5) is 4.32. The molecule has 16 heavy (non-hydrogen) atoms. The molecule has 2 rings (SSSR count). The first-order valence-corrected chi connectivity index (χ1v) is 5.84. The van der Waals surface area contributed by atoms with Crippen LogP contribution in [0, 0.1) is 11.8 Å². The lowest BCUT2D eigenvalue weighted by molar-refractivity contribution is 0.490. The van der Waals surface area contributed by atoms with Gasteiger partial charge in [0.2, 0.25) is 0 Å². The van der Waals surface area contributed by atoms with Gasteiger partial charge in [0.05, 0.1) is 0 Å². The average molecular weight is 216 g/mol. The number of amidine groups is 1. The van der Waals surface area contributed by atoms with Crippen molar-refractivity contribution in [3.63, 3.8) is 0 Å². The number of rotatable bonds is 0. The maximum Gasteiger partial charge on any atom is 0.133 e. The summed E-state index contributed by atoms with van der Waals surface area (Å²) in [6.07, 6.45) is 0. The molecule has 0 bridgehead atoms. The highest BCUT2D eigenvalue weighted by Gasteiger charge is 2.35. The minimum absolute atomic E-state index is 0.586. The molecule has 1 fully saturated rings. The average Bonchev–Trinajstić information content (AvgIpc) is 2.60. The third-order valence-electron chi connectivity index (χ3n) is 4.19. The van der Waals surface area contributed by atoms with E-state index in [4.69, 9.17) is 0 Å². The van der Waals surface area contributed by atoms with Gasteiger partial charge in [0.1, 0.15) is 5.84 Å². The van der Waals surface area contributed by atoms with Crippen LogP contribution in [0.15, 0.2) is 39.6 Å². The molecule has 2 unspecified atom stereocenters. The normalized spacial score (nSPS) is 32.3. The summed E-state index contributed by atoms with van der Waals surface area (Å²) in [6, 6.07) is 0. The summed E-state index contributed by atoms with van der Waals surface area (Å²) < 4.78 is 0. The molecule has 1 N–H and O–H groups in total. The molecular weight excluding hydrogens is 196 g/mol. The van der Waals surface area contributed by atoms with Gasteiger partial charge in [0, 0.05) is 23.9 Å². The summed E-state index contributed by atoms with van der Waals surface area (Å²) in [6.45, 7) is 13.1. The molecule has 86 valence electrons.